The second-order valence-corrected chi connectivity index (χ2v) is 5.99. The lowest BCUT2D eigenvalue weighted by Crippen LogP contribution is -2.26. The van der Waals surface area contributed by atoms with Crippen molar-refractivity contribution in [3.63, 3.8) is 0 Å². The maximum absolute atomic E-state index is 14.2. The third-order valence-electron chi connectivity index (χ3n) is 4.21. The Morgan fingerprint density at radius 3 is 2.52 bits per heavy atom. The van der Waals surface area contributed by atoms with Gasteiger partial charge in [-0.3, -0.25) is 14.2 Å². The molecule has 3 rings (SSSR count). The second-order valence-electron chi connectivity index (χ2n) is 5.99. The standard InChI is InChI=1S/C18H17FN4O4/c1-22-8-10(18(26)27-3)16(25)15-13(7-14(24)23(2)17(15)22)21-12-5-4-9(20)6-11(12)19/h4-8,21H,20H2,1-3H3. The fraction of sp³-hybridized carbons (Fsp3) is 0.167. The highest BCUT2D eigenvalue weighted by molar-refractivity contribution is 5.98. The number of carbonyl (C=O) groups excluding carboxylic acids is 1. The lowest BCUT2D eigenvalue weighted by atomic mass is 10.1. The van der Waals surface area contributed by atoms with Gasteiger partial charge in [0.1, 0.15) is 17.0 Å². The van der Waals surface area contributed by atoms with E-state index in [1.54, 1.807) is 7.05 Å². The number of nitrogens with one attached hydrogen (secondary N) is 1. The van der Waals surface area contributed by atoms with E-state index in [9.17, 15) is 18.8 Å². The number of rotatable bonds is 3. The van der Waals surface area contributed by atoms with Gasteiger partial charge in [-0.15, -0.1) is 0 Å². The average molecular weight is 372 g/mol. The maximum atomic E-state index is 14.2. The van der Waals surface area contributed by atoms with E-state index in [4.69, 9.17) is 5.73 Å². The summed E-state index contributed by atoms with van der Waals surface area (Å²) in [6, 6.07) is 5.15. The van der Waals surface area contributed by atoms with E-state index in [-0.39, 0.29) is 33.7 Å². The van der Waals surface area contributed by atoms with Crippen LogP contribution in [0.15, 0.2) is 40.1 Å². The van der Waals surface area contributed by atoms with Crippen LogP contribution in [-0.2, 0) is 18.8 Å². The SMILES string of the molecule is COC(=O)c1cn(C)c2c(c(Nc3ccc(N)cc3F)cc(=O)n2C)c1=O. The van der Waals surface area contributed by atoms with Crippen LogP contribution in [0.1, 0.15) is 10.4 Å². The number of hydrogen-bond donors (Lipinski definition) is 2. The van der Waals surface area contributed by atoms with Crippen LogP contribution in [0.3, 0.4) is 0 Å². The zero-order valence-corrected chi connectivity index (χ0v) is 14.9. The number of carbonyl (C=O) groups is 1. The predicted octanol–water partition coefficient (Wildman–Crippen LogP) is 1.49. The molecule has 0 saturated carbocycles. The molecule has 2 heterocycles. The molecule has 0 fully saturated rings. The van der Waals surface area contributed by atoms with Crippen LogP contribution in [0, 0.1) is 5.82 Å². The lowest BCUT2D eigenvalue weighted by molar-refractivity contribution is 0.0598. The summed E-state index contributed by atoms with van der Waals surface area (Å²) in [6.07, 6.45) is 1.30. The number of esters is 1. The molecule has 9 heteroatoms. The first-order valence-corrected chi connectivity index (χ1v) is 7.88. The molecule has 0 saturated heterocycles. The highest BCUT2D eigenvalue weighted by Crippen LogP contribution is 2.25. The minimum Gasteiger partial charge on any atom is -0.465 e. The summed E-state index contributed by atoms with van der Waals surface area (Å²) in [5.41, 5.74) is 4.89. The third kappa shape index (κ3) is 3.03. The van der Waals surface area contributed by atoms with Crippen LogP contribution in [0.5, 0.6) is 0 Å². The summed E-state index contributed by atoms with van der Waals surface area (Å²) in [4.78, 5) is 37.2. The Hall–Kier alpha value is -3.62. The smallest absolute Gasteiger partial charge is 0.343 e. The molecule has 0 aliphatic carbocycles. The number of benzene rings is 1. The van der Waals surface area contributed by atoms with Gasteiger partial charge in [-0.1, -0.05) is 0 Å². The van der Waals surface area contributed by atoms with E-state index < -0.39 is 22.8 Å². The van der Waals surface area contributed by atoms with Gasteiger partial charge in [0.25, 0.3) is 5.56 Å². The van der Waals surface area contributed by atoms with Crippen LogP contribution in [-0.4, -0.2) is 22.2 Å². The van der Waals surface area contributed by atoms with Crippen molar-refractivity contribution in [3.8, 4) is 0 Å². The number of pyridine rings is 2. The van der Waals surface area contributed by atoms with Crippen molar-refractivity contribution in [1.29, 1.82) is 0 Å². The van der Waals surface area contributed by atoms with Crippen molar-refractivity contribution in [2.24, 2.45) is 14.1 Å². The van der Waals surface area contributed by atoms with Gasteiger partial charge in [-0.05, 0) is 18.2 Å². The first-order chi connectivity index (χ1) is 12.7. The molecule has 2 aromatic heterocycles. The van der Waals surface area contributed by atoms with Crippen LogP contribution in [0.25, 0.3) is 11.0 Å². The summed E-state index contributed by atoms with van der Waals surface area (Å²) in [5, 5.41) is 2.81. The molecule has 0 amide bonds. The van der Waals surface area contributed by atoms with E-state index in [2.05, 4.69) is 10.1 Å². The highest BCUT2D eigenvalue weighted by atomic mass is 19.1. The second kappa shape index (κ2) is 6.60. The molecule has 0 bridgehead atoms. The first-order valence-electron chi connectivity index (χ1n) is 7.88. The Morgan fingerprint density at radius 2 is 1.89 bits per heavy atom. The number of aromatic nitrogens is 2. The zero-order chi connectivity index (χ0) is 19.9. The van der Waals surface area contributed by atoms with Gasteiger partial charge in [-0.25, -0.2) is 9.18 Å². The summed E-state index contributed by atoms with van der Waals surface area (Å²) >= 11 is 0. The van der Waals surface area contributed by atoms with Gasteiger partial charge in [0.15, 0.2) is 0 Å². The Labute approximate surface area is 152 Å². The van der Waals surface area contributed by atoms with Gasteiger partial charge < -0.3 is 20.4 Å². The van der Waals surface area contributed by atoms with Crippen molar-refractivity contribution >= 4 is 34.1 Å². The Kier molecular flexibility index (Phi) is 4.44. The number of halogens is 1. The summed E-state index contributed by atoms with van der Waals surface area (Å²) in [5.74, 6) is -1.46. The number of fused-ring (bicyclic) bond motifs is 1. The van der Waals surface area contributed by atoms with Gasteiger partial charge in [0.05, 0.1) is 23.9 Å². The van der Waals surface area contributed by atoms with E-state index in [0.717, 1.165) is 13.2 Å². The molecule has 8 nitrogen and oxygen atoms in total. The van der Waals surface area contributed by atoms with Gasteiger partial charge in [0, 0.05) is 32.0 Å². The average Bonchev–Trinajstić information content (AvgIpc) is 2.62. The minimum absolute atomic E-state index is 0.0317. The largest absolute Gasteiger partial charge is 0.465 e. The van der Waals surface area contributed by atoms with E-state index in [0.29, 0.717) is 0 Å². The number of nitrogens with two attached hydrogens (primary N) is 1. The fourth-order valence-corrected chi connectivity index (χ4v) is 2.90. The molecular formula is C18H17FN4O4. The predicted molar refractivity (Wildman–Crippen MR) is 99.9 cm³/mol. The molecule has 0 aliphatic heterocycles. The molecule has 3 aromatic rings. The lowest BCUT2D eigenvalue weighted by Gasteiger charge is -2.16. The number of nitrogens with zero attached hydrogens (tertiary/aromatic N) is 2. The van der Waals surface area contributed by atoms with Gasteiger partial charge >= 0.3 is 5.97 Å². The zero-order valence-electron chi connectivity index (χ0n) is 14.9. The van der Waals surface area contributed by atoms with Crippen molar-refractivity contribution in [1.82, 2.24) is 9.13 Å². The molecule has 0 spiro atoms. The monoisotopic (exact) mass is 372 g/mol. The molecule has 0 atom stereocenters. The van der Waals surface area contributed by atoms with Crippen LogP contribution < -0.4 is 22.0 Å². The third-order valence-corrected chi connectivity index (χ3v) is 4.21. The van der Waals surface area contributed by atoms with Crippen LogP contribution >= 0.6 is 0 Å². The molecular weight excluding hydrogens is 355 g/mol. The summed E-state index contributed by atoms with van der Waals surface area (Å²) in [6.45, 7) is 0. The molecule has 0 unspecified atom stereocenters. The Morgan fingerprint density at radius 1 is 1.19 bits per heavy atom. The number of nitrogen functional groups attached to an aromatic ring is 1. The molecule has 0 aliphatic rings. The number of methoxy groups -OCH3 is 1. The van der Waals surface area contributed by atoms with E-state index in [1.165, 1.54) is 40.6 Å². The van der Waals surface area contributed by atoms with E-state index in [1.807, 2.05) is 0 Å². The first kappa shape index (κ1) is 18.2. The normalized spacial score (nSPS) is 10.8. The van der Waals surface area contributed by atoms with Crippen molar-refractivity contribution in [2.75, 3.05) is 18.2 Å². The quantitative estimate of drug-likeness (QED) is 0.533. The van der Waals surface area contributed by atoms with Gasteiger partial charge in [-0.2, -0.15) is 0 Å². The molecule has 0 radical (unpaired) electrons. The van der Waals surface area contributed by atoms with Crippen molar-refractivity contribution in [2.45, 2.75) is 0 Å². The Bertz CT molecular complexity index is 1200. The number of anilines is 3. The van der Waals surface area contributed by atoms with Gasteiger partial charge in [0.2, 0.25) is 5.43 Å². The van der Waals surface area contributed by atoms with Crippen molar-refractivity contribution < 1.29 is 13.9 Å². The summed E-state index contributed by atoms with van der Waals surface area (Å²) < 4.78 is 21.6. The molecule has 140 valence electrons. The number of ether oxygens (including phenoxy) is 1. The van der Waals surface area contributed by atoms with Crippen molar-refractivity contribution in [3.05, 3.63) is 62.4 Å². The summed E-state index contributed by atoms with van der Waals surface area (Å²) in [7, 11) is 4.24. The highest BCUT2D eigenvalue weighted by Gasteiger charge is 2.20. The van der Waals surface area contributed by atoms with E-state index >= 15 is 0 Å². The number of aryl methyl sites for hydroxylation is 2. The Balaban J connectivity index is 2.36. The molecule has 1 aromatic carbocycles. The fourth-order valence-electron chi connectivity index (χ4n) is 2.90. The maximum Gasteiger partial charge on any atom is 0.343 e. The van der Waals surface area contributed by atoms with Crippen LogP contribution in [0.4, 0.5) is 21.5 Å². The molecule has 3 N–H and O–H groups in total. The molecule has 27 heavy (non-hydrogen) atoms. The number of hydrogen-bond acceptors (Lipinski definition) is 6. The topological polar surface area (TPSA) is 108 Å². The van der Waals surface area contributed by atoms with Crippen LogP contribution in [0.2, 0.25) is 0 Å². The minimum atomic E-state index is -0.809.